The van der Waals surface area contributed by atoms with Crippen LogP contribution in [0.5, 0.6) is 6.01 Å². The van der Waals surface area contributed by atoms with Gasteiger partial charge in [0, 0.05) is 28.9 Å². The average Bonchev–Trinajstić information content (AvgIpc) is 3.12. The van der Waals surface area contributed by atoms with Gasteiger partial charge < -0.3 is 14.8 Å². The lowest BCUT2D eigenvalue weighted by Gasteiger charge is -2.33. The maximum Gasteiger partial charge on any atom is 0.316 e. The number of benzene rings is 2. The van der Waals surface area contributed by atoms with Crippen LogP contribution in [0.4, 0.5) is 8.78 Å². The van der Waals surface area contributed by atoms with Crippen LogP contribution in [0.2, 0.25) is 5.02 Å². The van der Waals surface area contributed by atoms with Crippen LogP contribution in [-0.4, -0.2) is 31.1 Å². The van der Waals surface area contributed by atoms with Gasteiger partial charge in [-0.3, -0.25) is 0 Å². The van der Waals surface area contributed by atoms with E-state index in [1.165, 1.54) is 24.5 Å². The van der Waals surface area contributed by atoms with E-state index in [4.69, 9.17) is 16.3 Å². The molecule has 1 saturated carbocycles. The number of hydrogen-bond donors (Lipinski definition) is 2. The Hall–Kier alpha value is -3.52. The zero-order valence-electron chi connectivity index (χ0n) is 16.6. The van der Waals surface area contributed by atoms with Gasteiger partial charge in [-0.2, -0.15) is 0 Å². The van der Waals surface area contributed by atoms with Gasteiger partial charge in [0.15, 0.2) is 0 Å². The van der Waals surface area contributed by atoms with Gasteiger partial charge in [-0.15, -0.1) is 0 Å². The molecule has 1 aliphatic carbocycles. The Balaban J connectivity index is 1.37. The monoisotopic (exact) mass is 454 g/mol. The zero-order valence-corrected chi connectivity index (χ0v) is 17.4. The summed E-state index contributed by atoms with van der Waals surface area (Å²) in [6.07, 6.45) is 4.09. The van der Waals surface area contributed by atoms with Gasteiger partial charge in [-0.25, -0.2) is 23.7 Å². The highest BCUT2D eigenvalue weighted by Gasteiger charge is 2.33. The molecule has 1 fully saturated rings. The highest BCUT2D eigenvalue weighted by atomic mass is 35.5. The Morgan fingerprint density at radius 2 is 1.78 bits per heavy atom. The van der Waals surface area contributed by atoms with Crippen molar-refractivity contribution in [3.8, 4) is 28.5 Å². The highest BCUT2D eigenvalue weighted by molar-refractivity contribution is 6.31. The number of halogens is 3. The van der Waals surface area contributed by atoms with E-state index >= 15 is 0 Å². The lowest BCUT2D eigenvalue weighted by molar-refractivity contribution is 0.0539. The van der Waals surface area contributed by atoms with Crippen molar-refractivity contribution in [1.29, 1.82) is 0 Å². The van der Waals surface area contributed by atoms with Crippen molar-refractivity contribution in [2.45, 2.75) is 18.9 Å². The number of hydrogen-bond acceptors (Lipinski definition) is 5. The molecule has 0 radical (unpaired) electrons. The molecule has 0 unspecified atom stereocenters. The third kappa shape index (κ3) is 3.78. The summed E-state index contributed by atoms with van der Waals surface area (Å²) in [6.45, 7) is 3.51. The molecule has 2 aromatic carbocycles. The number of allylic oxidation sites excluding steroid dienone is 1. The van der Waals surface area contributed by atoms with Gasteiger partial charge in [0.05, 0.1) is 22.4 Å². The zero-order chi connectivity index (χ0) is 22.4. The Labute approximate surface area is 186 Å². The summed E-state index contributed by atoms with van der Waals surface area (Å²) in [4.78, 5) is 15.4. The summed E-state index contributed by atoms with van der Waals surface area (Å²) in [5.74, 6) is -1.27. The number of aromatic amines is 1. The summed E-state index contributed by atoms with van der Waals surface area (Å²) in [6, 6.07) is 7.56. The first kappa shape index (κ1) is 20.4. The molecule has 0 spiro atoms. The first-order valence-electron chi connectivity index (χ1n) is 9.89. The van der Waals surface area contributed by atoms with Crippen LogP contribution in [0.3, 0.4) is 0 Å². The molecule has 2 aromatic heterocycles. The minimum atomic E-state index is -0.768. The number of nitrogens with one attached hydrogen (secondary N) is 1. The van der Waals surface area contributed by atoms with E-state index in [1.807, 2.05) is 0 Å². The molecule has 0 amide bonds. The van der Waals surface area contributed by atoms with E-state index in [0.717, 1.165) is 0 Å². The predicted molar refractivity (Wildman–Crippen MR) is 116 cm³/mol. The number of aliphatic hydroxyl groups excluding tert-OH is 1. The van der Waals surface area contributed by atoms with Crippen LogP contribution in [0.15, 0.2) is 55.1 Å². The average molecular weight is 455 g/mol. The van der Waals surface area contributed by atoms with Gasteiger partial charge in [0.25, 0.3) is 0 Å². The molecule has 0 aliphatic heterocycles. The Kier molecular flexibility index (Phi) is 5.01. The number of imidazole rings is 1. The lowest BCUT2D eigenvalue weighted by Crippen LogP contribution is -2.35. The van der Waals surface area contributed by atoms with Crippen molar-refractivity contribution in [3.63, 3.8) is 0 Å². The second-order valence-electron chi connectivity index (χ2n) is 7.72. The molecule has 162 valence electrons. The Morgan fingerprint density at radius 1 is 1.09 bits per heavy atom. The van der Waals surface area contributed by atoms with Gasteiger partial charge >= 0.3 is 6.01 Å². The second kappa shape index (κ2) is 7.87. The van der Waals surface area contributed by atoms with E-state index < -0.39 is 11.6 Å². The number of ether oxygens (including phenoxy) is 1. The van der Waals surface area contributed by atoms with E-state index in [1.54, 1.807) is 18.2 Å². The summed E-state index contributed by atoms with van der Waals surface area (Å²) in [7, 11) is 0. The minimum Gasteiger partial charge on any atom is -0.513 e. The molecular formula is C23H17ClF2N4O2. The third-order valence-corrected chi connectivity index (χ3v) is 5.76. The molecule has 0 saturated heterocycles. The second-order valence-corrected chi connectivity index (χ2v) is 8.15. The van der Waals surface area contributed by atoms with Crippen molar-refractivity contribution >= 4 is 22.6 Å². The van der Waals surface area contributed by atoms with Crippen LogP contribution in [0.25, 0.3) is 33.5 Å². The Bertz CT molecular complexity index is 1310. The fraction of sp³-hybridized carbons (Fsp3) is 0.174. The molecule has 32 heavy (non-hydrogen) atoms. The van der Waals surface area contributed by atoms with Gasteiger partial charge in [-0.1, -0.05) is 18.2 Å². The standard InChI is InChI=1S/C23H17ClF2N4O2/c1-11(31)12-4-16(5-12)32-23-27-9-14(10-28-23)13-6-17(25)21(18(26)7-13)22-29-19-3-2-15(24)8-20(19)30-22/h2-3,6-10,12,16,31H,1,4-5H2,(H,29,30)/t12-,16+. The minimum absolute atomic E-state index is 0.0347. The lowest BCUT2D eigenvalue weighted by atomic mass is 9.81. The molecule has 0 bridgehead atoms. The molecule has 2 N–H and O–H groups in total. The number of fused-ring (bicyclic) bond motifs is 1. The highest BCUT2D eigenvalue weighted by Crippen LogP contribution is 2.35. The third-order valence-electron chi connectivity index (χ3n) is 5.52. The van der Waals surface area contributed by atoms with Crippen LogP contribution in [0, 0.1) is 17.6 Å². The first-order valence-corrected chi connectivity index (χ1v) is 10.3. The quantitative estimate of drug-likeness (QED) is 0.370. The van der Waals surface area contributed by atoms with Gasteiger partial charge in [0.1, 0.15) is 23.6 Å². The molecule has 9 heteroatoms. The molecule has 6 nitrogen and oxygen atoms in total. The summed E-state index contributed by atoms with van der Waals surface area (Å²) in [5, 5.41) is 9.84. The molecule has 2 heterocycles. The number of nitrogens with zero attached hydrogens (tertiary/aromatic N) is 3. The fourth-order valence-corrected chi connectivity index (χ4v) is 3.85. The molecule has 1 aliphatic rings. The summed E-state index contributed by atoms with van der Waals surface area (Å²) in [5.41, 5.74) is 1.60. The number of rotatable bonds is 5. The van der Waals surface area contributed by atoms with Crippen LogP contribution < -0.4 is 4.74 Å². The van der Waals surface area contributed by atoms with Crippen molar-refractivity contribution < 1.29 is 18.6 Å². The number of H-pyrrole nitrogens is 1. The van der Waals surface area contributed by atoms with Crippen molar-refractivity contribution in [2.24, 2.45) is 5.92 Å². The predicted octanol–water partition coefficient (Wildman–Crippen LogP) is 5.85. The molecule has 4 aromatic rings. The largest absolute Gasteiger partial charge is 0.513 e. The fourth-order valence-electron chi connectivity index (χ4n) is 3.68. The van der Waals surface area contributed by atoms with E-state index in [-0.39, 0.29) is 40.7 Å². The van der Waals surface area contributed by atoms with Crippen LogP contribution >= 0.6 is 11.6 Å². The van der Waals surface area contributed by atoms with E-state index in [2.05, 4.69) is 26.5 Å². The smallest absolute Gasteiger partial charge is 0.316 e. The number of aliphatic hydroxyl groups is 1. The van der Waals surface area contributed by atoms with Crippen LogP contribution in [-0.2, 0) is 0 Å². The normalized spacial score (nSPS) is 17.8. The van der Waals surface area contributed by atoms with Gasteiger partial charge in [0.2, 0.25) is 0 Å². The maximum absolute atomic E-state index is 14.9. The van der Waals surface area contributed by atoms with Crippen molar-refractivity contribution in [1.82, 2.24) is 19.9 Å². The summed E-state index contributed by atoms with van der Waals surface area (Å²) < 4.78 is 35.4. The van der Waals surface area contributed by atoms with Crippen LogP contribution in [0.1, 0.15) is 12.8 Å². The van der Waals surface area contributed by atoms with Gasteiger partial charge in [-0.05, 0) is 48.7 Å². The van der Waals surface area contributed by atoms with E-state index in [0.29, 0.717) is 34.5 Å². The molecular weight excluding hydrogens is 438 g/mol. The van der Waals surface area contributed by atoms with Crippen molar-refractivity contribution in [2.75, 3.05) is 0 Å². The maximum atomic E-state index is 14.9. The molecule has 0 atom stereocenters. The van der Waals surface area contributed by atoms with E-state index in [9.17, 15) is 13.9 Å². The molecule has 5 rings (SSSR count). The summed E-state index contributed by atoms with van der Waals surface area (Å²) >= 11 is 5.96. The topological polar surface area (TPSA) is 83.9 Å². The van der Waals surface area contributed by atoms with Crippen molar-refractivity contribution in [3.05, 3.63) is 71.7 Å². The number of aromatic nitrogens is 4. The Morgan fingerprint density at radius 3 is 2.44 bits per heavy atom. The SMILES string of the molecule is C=C(O)[C@H]1C[C@@H](Oc2ncc(-c3cc(F)c(-c4nc5ccc(Cl)cc5[nH]4)c(F)c3)cn2)C1. The first-order chi connectivity index (χ1) is 15.4.